The summed E-state index contributed by atoms with van der Waals surface area (Å²) in [4.78, 5) is 0. The molecule has 0 saturated carbocycles. The molecule has 9 heteroatoms. The predicted molar refractivity (Wildman–Crippen MR) is 537 cm³/mol. The van der Waals surface area contributed by atoms with Gasteiger partial charge in [-0.3, -0.25) is 0 Å². The molecule has 690 valence electrons. The topological polar surface area (TPSA) is 182 Å². The van der Waals surface area contributed by atoms with E-state index < -0.39 is 61.1 Å². The third-order valence-corrected chi connectivity index (χ3v) is 27.3. The summed E-state index contributed by atoms with van der Waals surface area (Å²) >= 11 is 0. The molecule has 0 aliphatic carbocycles. The van der Waals surface area contributed by atoms with E-state index in [0.717, 1.165) is 133 Å². The molecule has 10 rings (SSSR count). The van der Waals surface area contributed by atoms with Crippen molar-refractivity contribution >= 4 is 0 Å². The van der Waals surface area contributed by atoms with Crippen LogP contribution in [0.4, 0.5) is 0 Å². The minimum atomic E-state index is -1.20. The molecule has 0 aliphatic rings. The highest BCUT2D eigenvalue weighted by Crippen LogP contribution is 2.56. The van der Waals surface area contributed by atoms with Crippen molar-refractivity contribution in [2.24, 2.45) is 32.5 Å². The van der Waals surface area contributed by atoms with Crippen molar-refractivity contribution in [1.82, 2.24) is 0 Å². The fourth-order valence-electron chi connectivity index (χ4n) is 23.7. The molecule has 0 atom stereocenters. The van der Waals surface area contributed by atoms with E-state index in [-0.39, 0.29) is 84.2 Å². The van der Waals surface area contributed by atoms with Gasteiger partial charge in [-0.2, -0.15) is 0 Å². The molecule has 0 heterocycles. The fourth-order valence-corrected chi connectivity index (χ4v) is 23.7. The van der Waals surface area contributed by atoms with Gasteiger partial charge in [0.2, 0.25) is 0 Å². The zero-order valence-electron chi connectivity index (χ0n) is 85.2. The van der Waals surface area contributed by atoms with Crippen LogP contribution in [0.3, 0.4) is 0 Å². The average Bonchev–Trinajstić information content (AvgIpc) is 0.727. The number of hydrogen-bond acceptors (Lipinski definition) is 9. The van der Waals surface area contributed by atoms with E-state index in [1.807, 2.05) is 57.2 Å². The van der Waals surface area contributed by atoms with Gasteiger partial charge < -0.3 is 46.0 Å². The molecule has 9 nitrogen and oxygen atoms in total. The lowest BCUT2D eigenvalue weighted by molar-refractivity contribution is 0.277. The third kappa shape index (κ3) is 22.2. The zero-order valence-corrected chi connectivity index (χ0v) is 85.2. The second-order valence-corrected chi connectivity index (χ2v) is 50.7. The van der Waals surface area contributed by atoms with Crippen LogP contribution in [-0.2, 0) is 43.3 Å². The molecule has 0 saturated heterocycles. The molecule has 0 bridgehead atoms. The summed E-state index contributed by atoms with van der Waals surface area (Å²) in [6, 6.07) is 57.2. The SMILES string of the molecule is Cc1cc(C(C)(C)c2cccc(C(C)(c3cc(C)c(O)c(C(c4ccc(O)c(C(C)(C)CC(C)(C)C)c4)c4ccc(O)c(C(C)(C)CC(C)(C)C)c4)c3)c3cc(C)c(O)c(C(c4ccc(O)c(C(C)(C)CC(C)(C)C)c4)c4ccc(O)c(C(C)(C)CC(C)(C)C)c4)c3)c2)cc(C(c2ccc(O)c(C(C)(C)CC(C)(C)C)c2)c2ccc(O)c(C(C)(C)CC(C)(C)C)c2)c1O. The first-order chi connectivity index (χ1) is 58.2. The summed E-state index contributed by atoms with van der Waals surface area (Å²) in [6.45, 7) is 78.9. The van der Waals surface area contributed by atoms with Gasteiger partial charge in [0, 0.05) is 45.3 Å². The first-order valence-electron chi connectivity index (χ1n) is 46.8. The Morgan fingerprint density at radius 2 is 0.391 bits per heavy atom. The summed E-state index contributed by atoms with van der Waals surface area (Å²) in [5.74, 6) is -0.556. The Morgan fingerprint density at radius 1 is 0.203 bits per heavy atom. The predicted octanol–water partition coefficient (Wildman–Crippen LogP) is 31.5. The molecule has 0 spiro atoms. The Bertz CT molecular complexity index is 5300. The summed E-state index contributed by atoms with van der Waals surface area (Å²) < 4.78 is 0. The normalized spacial score (nSPS) is 13.7. The van der Waals surface area contributed by atoms with Crippen LogP contribution < -0.4 is 0 Å². The summed E-state index contributed by atoms with van der Waals surface area (Å²) in [5, 5.41) is 113. The van der Waals surface area contributed by atoms with E-state index in [4.69, 9.17) is 0 Å². The van der Waals surface area contributed by atoms with Gasteiger partial charge in [0.1, 0.15) is 51.7 Å². The largest absolute Gasteiger partial charge is 0.508 e. The highest BCUT2D eigenvalue weighted by atomic mass is 16.3. The van der Waals surface area contributed by atoms with E-state index in [1.54, 1.807) is 36.4 Å². The maximum absolute atomic E-state index is 13.6. The van der Waals surface area contributed by atoms with E-state index in [9.17, 15) is 46.0 Å². The van der Waals surface area contributed by atoms with Crippen LogP contribution in [0.2, 0.25) is 0 Å². The monoisotopic (exact) mass is 1730 g/mol. The van der Waals surface area contributed by atoms with Crippen LogP contribution in [0.15, 0.2) is 170 Å². The Balaban J connectivity index is 1.34. The number of aryl methyl sites for hydroxylation is 3. The Kier molecular flexibility index (Phi) is 27.4. The van der Waals surface area contributed by atoms with Crippen molar-refractivity contribution in [1.29, 1.82) is 0 Å². The second-order valence-electron chi connectivity index (χ2n) is 50.7. The first-order valence-corrected chi connectivity index (χ1v) is 46.8. The van der Waals surface area contributed by atoms with E-state index in [2.05, 4.69) is 326 Å². The van der Waals surface area contributed by atoms with Crippen molar-refractivity contribution in [2.75, 3.05) is 0 Å². The molecule has 0 radical (unpaired) electrons. The molecule has 0 fully saturated rings. The fraction of sp³-hybridized carbons (Fsp3) is 0.496. The molecular weight excluding hydrogens is 1570 g/mol. The number of aromatic hydroxyl groups is 9. The van der Waals surface area contributed by atoms with Gasteiger partial charge in [0.05, 0.1) is 0 Å². The third-order valence-electron chi connectivity index (χ3n) is 27.3. The minimum absolute atomic E-state index is 0.0816. The number of hydrogen-bond donors (Lipinski definition) is 9. The molecular formula is C119H160O9. The quantitative estimate of drug-likeness (QED) is 0.0238. The van der Waals surface area contributed by atoms with Crippen molar-refractivity contribution in [3.8, 4) is 51.7 Å². The Morgan fingerprint density at radius 3 is 0.594 bits per heavy atom. The van der Waals surface area contributed by atoms with E-state index in [1.165, 1.54) is 0 Å². The van der Waals surface area contributed by atoms with Crippen LogP contribution in [-0.4, -0.2) is 46.0 Å². The van der Waals surface area contributed by atoms with Gasteiger partial charge in [-0.1, -0.05) is 343 Å². The molecule has 9 N–H and O–H groups in total. The number of phenolic OH excluding ortho intramolecular Hbond substituents is 9. The lowest BCUT2D eigenvalue weighted by Crippen LogP contribution is -2.28. The van der Waals surface area contributed by atoms with E-state index in [0.29, 0.717) is 33.4 Å². The summed E-state index contributed by atoms with van der Waals surface area (Å²) in [6.07, 6.45) is 4.58. The van der Waals surface area contributed by atoms with Crippen LogP contribution in [0.25, 0.3) is 0 Å². The minimum Gasteiger partial charge on any atom is -0.508 e. The van der Waals surface area contributed by atoms with E-state index >= 15 is 0 Å². The number of rotatable bonds is 26. The summed E-state index contributed by atoms with van der Waals surface area (Å²) in [7, 11) is 0. The molecule has 10 aromatic carbocycles. The average molecular weight is 1730 g/mol. The molecule has 0 aliphatic heterocycles. The number of phenols is 9. The van der Waals surface area contributed by atoms with Crippen LogP contribution in [0.1, 0.15) is 413 Å². The summed E-state index contributed by atoms with van der Waals surface area (Å²) in [5.41, 5.74) is 12.3. The smallest absolute Gasteiger partial charge is 0.122 e. The van der Waals surface area contributed by atoms with Gasteiger partial charge in [0.25, 0.3) is 0 Å². The van der Waals surface area contributed by atoms with Crippen molar-refractivity contribution in [2.45, 2.75) is 349 Å². The van der Waals surface area contributed by atoms with Crippen LogP contribution >= 0.6 is 0 Å². The van der Waals surface area contributed by atoms with Crippen LogP contribution in [0, 0.1) is 53.3 Å². The van der Waals surface area contributed by atoms with Gasteiger partial charge in [-0.05, 0) is 291 Å². The molecule has 0 amide bonds. The van der Waals surface area contributed by atoms with Gasteiger partial charge in [-0.15, -0.1) is 0 Å². The van der Waals surface area contributed by atoms with Crippen molar-refractivity contribution in [3.05, 3.63) is 298 Å². The van der Waals surface area contributed by atoms with Crippen molar-refractivity contribution < 1.29 is 46.0 Å². The maximum Gasteiger partial charge on any atom is 0.122 e. The molecule has 10 aromatic rings. The standard InChI is InChI=1S/C119H160O9/c1-71-52-82(62-85(103(71)126)100(74-40-46-94(120)88(55-74)112(22,23)65-106(4,5)6)75-41-47-95(121)89(56-75)113(24,25)66-107(7,8)9)118(34,35)80-38-37-39-81(61-80)119(36,83-53-72(2)104(127)86(63-83)101(76-42-48-96(122)90(57-76)114(26,27)67-108(10,11)12)77-43-49-97(123)91(58-77)115(28,29)68-109(13,14)15)84-54-73(3)105(128)87(64-84)102(78-44-50-98(124)92(59-78)116(30,31)69-110(16,17)18)79-45-51-99(125)93(60-79)117(32,33)70-111(19,20)21/h37-64,100-102,120-128H,65-70H2,1-36H3. The van der Waals surface area contributed by atoms with Crippen LogP contribution in [0.5, 0.6) is 51.7 Å². The Labute approximate surface area is 772 Å². The number of benzene rings is 10. The second kappa shape index (κ2) is 34.9. The molecule has 128 heavy (non-hydrogen) atoms. The first kappa shape index (κ1) is 101. The zero-order chi connectivity index (χ0) is 96.2. The molecule has 0 aromatic heterocycles. The van der Waals surface area contributed by atoms with Gasteiger partial charge >= 0.3 is 0 Å². The molecule has 0 unspecified atom stereocenters. The van der Waals surface area contributed by atoms with Gasteiger partial charge in [0.15, 0.2) is 0 Å². The highest BCUT2D eigenvalue weighted by molar-refractivity contribution is 5.66. The maximum atomic E-state index is 13.6. The lowest BCUT2D eigenvalue weighted by atomic mass is 9.66. The van der Waals surface area contributed by atoms with Crippen molar-refractivity contribution in [3.63, 3.8) is 0 Å². The Hall–Kier alpha value is -9.60. The highest BCUT2D eigenvalue weighted by Gasteiger charge is 2.43. The van der Waals surface area contributed by atoms with Gasteiger partial charge in [-0.25, -0.2) is 0 Å². The lowest BCUT2D eigenvalue weighted by Gasteiger charge is -2.37.